The van der Waals surface area contributed by atoms with Gasteiger partial charge in [-0.15, -0.1) is 0 Å². The molecule has 0 aliphatic carbocycles. The minimum Gasteiger partial charge on any atom is -0.366 e. The Bertz CT molecular complexity index is 531. The second-order valence-electron chi connectivity index (χ2n) is 3.43. The highest BCUT2D eigenvalue weighted by Gasteiger charge is 1.94. The summed E-state index contributed by atoms with van der Waals surface area (Å²) >= 11 is 0. The van der Waals surface area contributed by atoms with Gasteiger partial charge in [-0.3, -0.25) is 4.79 Å². The number of nitrogens with two attached hydrogens (primary N) is 1. The summed E-state index contributed by atoms with van der Waals surface area (Å²) in [6.07, 6.45) is 6.60. The van der Waals surface area contributed by atoms with Gasteiger partial charge in [0.05, 0.1) is 0 Å². The zero-order chi connectivity index (χ0) is 11.4. The summed E-state index contributed by atoms with van der Waals surface area (Å²) in [7, 11) is 0. The zero-order valence-corrected chi connectivity index (χ0v) is 8.68. The Morgan fingerprint density at radius 1 is 1.25 bits per heavy atom. The Labute approximate surface area is 93.3 Å². The molecule has 0 radical (unpaired) electrons. The molecule has 2 rings (SSSR count). The number of aromatic nitrogens is 1. The average molecular weight is 212 g/mol. The standard InChI is InChI=1S/C13H12N2O/c14-13(16)8-4-2-6-11-9-10-5-1-3-7-12(10)15-11/h1-9,15H,(H2,14,16)/b6-2+,8-4+. The average Bonchev–Trinajstić information content (AvgIpc) is 2.66. The van der Waals surface area contributed by atoms with Crippen LogP contribution in [0.15, 0.2) is 48.6 Å². The lowest BCUT2D eigenvalue weighted by Gasteiger charge is -1.84. The van der Waals surface area contributed by atoms with Crippen LogP contribution in [0.1, 0.15) is 5.69 Å². The predicted octanol–water partition coefficient (Wildman–Crippen LogP) is 2.22. The highest BCUT2D eigenvalue weighted by atomic mass is 16.1. The Kier molecular flexibility index (Phi) is 2.87. The zero-order valence-electron chi connectivity index (χ0n) is 8.68. The van der Waals surface area contributed by atoms with Crippen molar-refractivity contribution in [1.82, 2.24) is 4.98 Å². The van der Waals surface area contributed by atoms with Gasteiger partial charge in [0.25, 0.3) is 0 Å². The number of amides is 1. The Balaban J connectivity index is 2.18. The van der Waals surface area contributed by atoms with E-state index in [-0.39, 0.29) is 0 Å². The minimum absolute atomic E-state index is 0.443. The summed E-state index contributed by atoms with van der Waals surface area (Å²) in [6, 6.07) is 10.1. The highest BCUT2D eigenvalue weighted by Crippen LogP contribution is 2.15. The number of carbonyl (C=O) groups is 1. The van der Waals surface area contributed by atoms with Gasteiger partial charge >= 0.3 is 0 Å². The van der Waals surface area contributed by atoms with E-state index >= 15 is 0 Å². The number of aromatic amines is 1. The van der Waals surface area contributed by atoms with Crippen molar-refractivity contribution in [3.05, 3.63) is 54.3 Å². The monoisotopic (exact) mass is 212 g/mol. The van der Waals surface area contributed by atoms with E-state index in [4.69, 9.17) is 5.73 Å². The maximum Gasteiger partial charge on any atom is 0.241 e. The SMILES string of the molecule is NC(=O)/C=C/C=C/c1cc2ccccc2[nH]1. The van der Waals surface area contributed by atoms with Crippen LogP contribution in [0.25, 0.3) is 17.0 Å². The molecule has 0 saturated heterocycles. The maximum atomic E-state index is 10.4. The molecule has 1 amide bonds. The van der Waals surface area contributed by atoms with Crippen molar-refractivity contribution < 1.29 is 4.79 Å². The fourth-order valence-corrected chi connectivity index (χ4v) is 1.50. The summed E-state index contributed by atoms with van der Waals surface area (Å²) in [4.78, 5) is 13.7. The molecule has 16 heavy (non-hydrogen) atoms. The van der Waals surface area contributed by atoms with E-state index in [1.165, 1.54) is 11.5 Å². The molecule has 0 fully saturated rings. The van der Waals surface area contributed by atoms with Crippen molar-refractivity contribution in [3.8, 4) is 0 Å². The summed E-state index contributed by atoms with van der Waals surface area (Å²) in [6.45, 7) is 0. The van der Waals surface area contributed by atoms with Gasteiger partial charge in [0.2, 0.25) is 5.91 Å². The van der Waals surface area contributed by atoms with E-state index < -0.39 is 5.91 Å². The lowest BCUT2D eigenvalue weighted by atomic mass is 10.2. The quantitative estimate of drug-likeness (QED) is 0.594. The van der Waals surface area contributed by atoms with E-state index in [0.717, 1.165) is 11.2 Å². The molecule has 3 nitrogen and oxygen atoms in total. The van der Waals surface area contributed by atoms with Crippen molar-refractivity contribution in [2.75, 3.05) is 0 Å². The number of hydrogen-bond donors (Lipinski definition) is 2. The van der Waals surface area contributed by atoms with Gasteiger partial charge in [-0.2, -0.15) is 0 Å². The van der Waals surface area contributed by atoms with Gasteiger partial charge in [0.1, 0.15) is 0 Å². The number of primary amides is 1. The summed E-state index contributed by atoms with van der Waals surface area (Å²) in [5, 5.41) is 1.17. The highest BCUT2D eigenvalue weighted by molar-refractivity contribution is 5.86. The van der Waals surface area contributed by atoms with Crippen molar-refractivity contribution in [3.63, 3.8) is 0 Å². The molecule has 0 aliphatic heterocycles. The number of hydrogen-bond acceptors (Lipinski definition) is 1. The van der Waals surface area contributed by atoms with Gasteiger partial charge in [-0.25, -0.2) is 0 Å². The van der Waals surface area contributed by atoms with E-state index in [1.54, 1.807) is 12.2 Å². The first kappa shape index (κ1) is 10.2. The van der Waals surface area contributed by atoms with Crippen molar-refractivity contribution in [2.24, 2.45) is 5.73 Å². The van der Waals surface area contributed by atoms with E-state index in [0.29, 0.717) is 0 Å². The predicted molar refractivity (Wildman–Crippen MR) is 65.7 cm³/mol. The number of para-hydroxylation sites is 1. The third-order valence-electron chi connectivity index (χ3n) is 2.20. The van der Waals surface area contributed by atoms with Crippen molar-refractivity contribution in [1.29, 1.82) is 0 Å². The fourth-order valence-electron chi connectivity index (χ4n) is 1.50. The van der Waals surface area contributed by atoms with Crippen LogP contribution in [0.2, 0.25) is 0 Å². The lowest BCUT2D eigenvalue weighted by Crippen LogP contribution is -2.04. The first-order chi connectivity index (χ1) is 7.75. The largest absolute Gasteiger partial charge is 0.366 e. The molecule has 0 atom stereocenters. The van der Waals surface area contributed by atoms with Gasteiger partial charge in [-0.1, -0.05) is 30.4 Å². The summed E-state index contributed by atoms with van der Waals surface area (Å²) in [5.41, 5.74) is 7.06. The van der Waals surface area contributed by atoms with Gasteiger partial charge in [0.15, 0.2) is 0 Å². The summed E-state index contributed by atoms with van der Waals surface area (Å²) < 4.78 is 0. The third kappa shape index (κ3) is 2.39. The number of fused-ring (bicyclic) bond motifs is 1. The molecule has 80 valence electrons. The topological polar surface area (TPSA) is 58.9 Å². The molecule has 0 bridgehead atoms. The van der Waals surface area contributed by atoms with Crippen LogP contribution in [0.5, 0.6) is 0 Å². The number of carbonyl (C=O) groups excluding carboxylic acids is 1. The molecule has 0 saturated carbocycles. The number of rotatable bonds is 3. The molecule has 2 aromatic rings. The molecule has 0 unspecified atom stereocenters. The molecule has 3 heteroatoms. The lowest BCUT2D eigenvalue weighted by molar-refractivity contribution is -0.113. The molecule has 0 spiro atoms. The van der Waals surface area contributed by atoms with E-state index in [9.17, 15) is 4.79 Å². The smallest absolute Gasteiger partial charge is 0.241 e. The molecule has 0 aliphatic rings. The van der Waals surface area contributed by atoms with Crippen LogP contribution in [0, 0.1) is 0 Å². The normalized spacial score (nSPS) is 11.8. The number of benzene rings is 1. The third-order valence-corrected chi connectivity index (χ3v) is 2.20. The van der Waals surface area contributed by atoms with E-state index in [1.807, 2.05) is 36.4 Å². The second-order valence-corrected chi connectivity index (χ2v) is 3.43. The Morgan fingerprint density at radius 2 is 2.06 bits per heavy atom. The first-order valence-corrected chi connectivity index (χ1v) is 4.97. The number of nitrogens with one attached hydrogen (secondary N) is 1. The minimum atomic E-state index is -0.443. The second kappa shape index (κ2) is 4.49. The molecule has 1 aromatic carbocycles. The van der Waals surface area contributed by atoms with Crippen LogP contribution in [-0.4, -0.2) is 10.9 Å². The van der Waals surface area contributed by atoms with Crippen LogP contribution in [0.4, 0.5) is 0 Å². The van der Waals surface area contributed by atoms with Crippen molar-refractivity contribution in [2.45, 2.75) is 0 Å². The van der Waals surface area contributed by atoms with Gasteiger partial charge in [0, 0.05) is 17.3 Å². The molecular formula is C13H12N2O. The van der Waals surface area contributed by atoms with Crippen LogP contribution < -0.4 is 5.73 Å². The van der Waals surface area contributed by atoms with Gasteiger partial charge in [-0.05, 0) is 23.6 Å². The maximum absolute atomic E-state index is 10.4. The first-order valence-electron chi connectivity index (χ1n) is 4.97. The number of allylic oxidation sites excluding steroid dienone is 2. The van der Waals surface area contributed by atoms with Crippen molar-refractivity contribution >= 4 is 22.9 Å². The Hall–Kier alpha value is -2.29. The number of H-pyrrole nitrogens is 1. The molecular weight excluding hydrogens is 200 g/mol. The molecule has 1 heterocycles. The fraction of sp³-hybridized carbons (Fsp3) is 0. The van der Waals surface area contributed by atoms with Crippen LogP contribution in [0.3, 0.4) is 0 Å². The molecule has 3 N–H and O–H groups in total. The van der Waals surface area contributed by atoms with E-state index in [2.05, 4.69) is 4.98 Å². The van der Waals surface area contributed by atoms with Gasteiger partial charge < -0.3 is 10.7 Å². The summed E-state index contributed by atoms with van der Waals surface area (Å²) in [5.74, 6) is -0.443. The Morgan fingerprint density at radius 3 is 2.81 bits per heavy atom. The molecule has 1 aromatic heterocycles. The van der Waals surface area contributed by atoms with Crippen LogP contribution in [-0.2, 0) is 4.79 Å². The van der Waals surface area contributed by atoms with Crippen LogP contribution >= 0.6 is 0 Å².